The molecule has 1 aromatic heterocycles. The molecule has 0 atom stereocenters. The summed E-state index contributed by atoms with van der Waals surface area (Å²) in [5, 5.41) is 3.39. The van der Waals surface area contributed by atoms with Crippen molar-refractivity contribution < 1.29 is 4.74 Å². The van der Waals surface area contributed by atoms with Gasteiger partial charge in [0.2, 0.25) is 0 Å². The molecule has 0 fully saturated rings. The summed E-state index contributed by atoms with van der Waals surface area (Å²) in [5.74, 6) is 1.70. The third kappa shape index (κ3) is 4.58. The van der Waals surface area contributed by atoms with Gasteiger partial charge in [-0.1, -0.05) is 11.6 Å². The smallest absolute Gasteiger partial charge is 0.168 e. The van der Waals surface area contributed by atoms with Crippen LogP contribution in [0.5, 0.6) is 5.75 Å². The molecule has 1 aromatic rings. The van der Waals surface area contributed by atoms with Crippen molar-refractivity contribution >= 4 is 5.82 Å². The first-order chi connectivity index (χ1) is 9.25. The van der Waals surface area contributed by atoms with E-state index in [2.05, 4.69) is 16.4 Å². The van der Waals surface area contributed by atoms with E-state index in [0.29, 0.717) is 0 Å². The SMILES string of the molecule is CC(C)Oc1cccnc1NCCC1=CCCCC1. The molecule has 0 radical (unpaired) electrons. The molecule has 0 bridgehead atoms. The van der Waals surface area contributed by atoms with Gasteiger partial charge in [0.1, 0.15) is 0 Å². The first-order valence-electron chi connectivity index (χ1n) is 7.29. The third-order valence-electron chi connectivity index (χ3n) is 3.26. The van der Waals surface area contributed by atoms with E-state index in [0.717, 1.165) is 24.5 Å². The topological polar surface area (TPSA) is 34.1 Å². The molecular weight excluding hydrogens is 236 g/mol. The van der Waals surface area contributed by atoms with Crippen LogP contribution < -0.4 is 10.1 Å². The number of nitrogens with one attached hydrogen (secondary N) is 1. The summed E-state index contributed by atoms with van der Waals surface area (Å²) >= 11 is 0. The van der Waals surface area contributed by atoms with E-state index in [1.54, 1.807) is 11.8 Å². The van der Waals surface area contributed by atoms with Crippen LogP contribution in [0.2, 0.25) is 0 Å². The molecule has 19 heavy (non-hydrogen) atoms. The molecule has 1 aliphatic rings. The predicted molar refractivity (Wildman–Crippen MR) is 79.7 cm³/mol. The van der Waals surface area contributed by atoms with Crippen molar-refractivity contribution in [3.05, 3.63) is 30.0 Å². The summed E-state index contributed by atoms with van der Waals surface area (Å²) in [7, 11) is 0. The molecule has 104 valence electrons. The van der Waals surface area contributed by atoms with Crippen LogP contribution in [0.15, 0.2) is 30.0 Å². The van der Waals surface area contributed by atoms with Gasteiger partial charge in [0.15, 0.2) is 11.6 Å². The average Bonchev–Trinajstić information content (AvgIpc) is 2.41. The average molecular weight is 260 g/mol. The van der Waals surface area contributed by atoms with Crippen molar-refractivity contribution in [3.8, 4) is 5.75 Å². The first kappa shape index (κ1) is 13.9. The monoisotopic (exact) mass is 260 g/mol. The first-order valence-corrected chi connectivity index (χ1v) is 7.29. The molecular formula is C16H24N2O. The lowest BCUT2D eigenvalue weighted by Crippen LogP contribution is -2.11. The Labute approximate surface area is 116 Å². The highest BCUT2D eigenvalue weighted by atomic mass is 16.5. The molecule has 3 heteroatoms. The summed E-state index contributed by atoms with van der Waals surface area (Å²) in [5.41, 5.74) is 1.58. The highest BCUT2D eigenvalue weighted by Gasteiger charge is 2.07. The Kier molecular flexibility index (Phi) is 5.25. The number of hydrogen-bond acceptors (Lipinski definition) is 3. The standard InChI is InChI=1S/C16H24N2O/c1-13(2)19-15-9-6-11-17-16(15)18-12-10-14-7-4-3-5-8-14/h6-7,9,11,13H,3-5,8,10,12H2,1-2H3,(H,17,18). The van der Waals surface area contributed by atoms with Gasteiger partial charge in [-0.15, -0.1) is 0 Å². The van der Waals surface area contributed by atoms with Gasteiger partial charge in [0.05, 0.1) is 6.10 Å². The highest BCUT2D eigenvalue weighted by Crippen LogP contribution is 2.23. The Bertz CT molecular complexity index is 427. The van der Waals surface area contributed by atoms with Crippen LogP contribution in [-0.2, 0) is 0 Å². The van der Waals surface area contributed by atoms with E-state index < -0.39 is 0 Å². The summed E-state index contributed by atoms with van der Waals surface area (Å²) < 4.78 is 5.75. The fraction of sp³-hybridized carbons (Fsp3) is 0.562. The Morgan fingerprint density at radius 1 is 1.37 bits per heavy atom. The molecule has 0 amide bonds. The Morgan fingerprint density at radius 2 is 2.26 bits per heavy atom. The second-order valence-electron chi connectivity index (χ2n) is 5.30. The van der Waals surface area contributed by atoms with Crippen molar-refractivity contribution in [1.29, 1.82) is 0 Å². The third-order valence-corrected chi connectivity index (χ3v) is 3.26. The van der Waals surface area contributed by atoms with Crippen LogP contribution in [0, 0.1) is 0 Å². The quantitative estimate of drug-likeness (QED) is 0.779. The molecule has 0 spiro atoms. The normalized spacial score (nSPS) is 15.2. The summed E-state index contributed by atoms with van der Waals surface area (Å²) in [6.07, 6.45) is 10.7. The minimum Gasteiger partial charge on any atom is -0.487 e. The maximum atomic E-state index is 5.75. The molecule has 1 N–H and O–H groups in total. The second-order valence-corrected chi connectivity index (χ2v) is 5.30. The molecule has 0 saturated carbocycles. The number of hydrogen-bond donors (Lipinski definition) is 1. The molecule has 1 aliphatic carbocycles. The van der Waals surface area contributed by atoms with Gasteiger partial charge in [-0.05, 0) is 58.1 Å². The van der Waals surface area contributed by atoms with Crippen molar-refractivity contribution in [2.24, 2.45) is 0 Å². The van der Waals surface area contributed by atoms with Crippen LogP contribution >= 0.6 is 0 Å². The lowest BCUT2D eigenvalue weighted by Gasteiger charge is -2.16. The molecule has 0 unspecified atom stereocenters. The maximum absolute atomic E-state index is 5.75. The minimum absolute atomic E-state index is 0.172. The van der Waals surface area contributed by atoms with Crippen molar-refractivity contribution in [2.45, 2.75) is 52.1 Å². The number of aromatic nitrogens is 1. The molecule has 0 aromatic carbocycles. The van der Waals surface area contributed by atoms with Crippen molar-refractivity contribution in [2.75, 3.05) is 11.9 Å². The zero-order valence-electron chi connectivity index (χ0n) is 12.0. The van der Waals surface area contributed by atoms with E-state index in [4.69, 9.17) is 4.74 Å². The van der Waals surface area contributed by atoms with Crippen molar-refractivity contribution in [1.82, 2.24) is 4.98 Å². The van der Waals surface area contributed by atoms with Crippen LogP contribution in [0.4, 0.5) is 5.82 Å². The highest BCUT2D eigenvalue weighted by molar-refractivity contribution is 5.49. The zero-order valence-corrected chi connectivity index (χ0v) is 12.0. The number of anilines is 1. The fourth-order valence-electron chi connectivity index (χ4n) is 2.35. The Morgan fingerprint density at radius 3 is 3.00 bits per heavy atom. The lowest BCUT2D eigenvalue weighted by atomic mass is 9.97. The van der Waals surface area contributed by atoms with Crippen LogP contribution in [0.1, 0.15) is 46.0 Å². The second kappa shape index (κ2) is 7.17. The largest absolute Gasteiger partial charge is 0.487 e. The van der Waals surface area contributed by atoms with Gasteiger partial charge in [0.25, 0.3) is 0 Å². The lowest BCUT2D eigenvalue weighted by molar-refractivity contribution is 0.243. The predicted octanol–water partition coefficient (Wildman–Crippen LogP) is 4.17. The van der Waals surface area contributed by atoms with Gasteiger partial charge < -0.3 is 10.1 Å². The maximum Gasteiger partial charge on any atom is 0.168 e. The fourth-order valence-corrected chi connectivity index (χ4v) is 2.35. The summed E-state index contributed by atoms with van der Waals surface area (Å²) in [6, 6.07) is 3.88. The number of allylic oxidation sites excluding steroid dienone is 1. The van der Waals surface area contributed by atoms with Crippen molar-refractivity contribution in [3.63, 3.8) is 0 Å². The zero-order chi connectivity index (χ0) is 13.5. The molecule has 0 saturated heterocycles. The van der Waals surface area contributed by atoms with Gasteiger partial charge >= 0.3 is 0 Å². The molecule has 3 nitrogen and oxygen atoms in total. The van der Waals surface area contributed by atoms with Gasteiger partial charge in [0, 0.05) is 12.7 Å². The van der Waals surface area contributed by atoms with Crippen LogP contribution in [0.3, 0.4) is 0 Å². The number of pyridine rings is 1. The summed E-state index contributed by atoms with van der Waals surface area (Å²) in [4.78, 5) is 4.36. The van der Waals surface area contributed by atoms with Gasteiger partial charge in [-0.2, -0.15) is 0 Å². The van der Waals surface area contributed by atoms with E-state index >= 15 is 0 Å². The Hall–Kier alpha value is -1.51. The molecule has 0 aliphatic heterocycles. The van der Waals surface area contributed by atoms with E-state index in [1.165, 1.54) is 25.7 Å². The molecule has 1 heterocycles. The van der Waals surface area contributed by atoms with E-state index in [9.17, 15) is 0 Å². The summed E-state index contributed by atoms with van der Waals surface area (Å²) in [6.45, 7) is 4.99. The van der Waals surface area contributed by atoms with Crippen LogP contribution in [-0.4, -0.2) is 17.6 Å². The Balaban J connectivity index is 1.86. The van der Waals surface area contributed by atoms with E-state index in [1.807, 2.05) is 26.0 Å². The van der Waals surface area contributed by atoms with Gasteiger partial charge in [-0.25, -0.2) is 4.98 Å². The van der Waals surface area contributed by atoms with Crippen LogP contribution in [0.25, 0.3) is 0 Å². The molecule has 2 rings (SSSR count). The van der Waals surface area contributed by atoms with E-state index in [-0.39, 0.29) is 6.10 Å². The minimum atomic E-state index is 0.172. The van der Waals surface area contributed by atoms with Gasteiger partial charge in [-0.3, -0.25) is 0 Å². The number of rotatable bonds is 6. The number of ether oxygens (including phenoxy) is 1. The number of nitrogens with zero attached hydrogens (tertiary/aromatic N) is 1.